The van der Waals surface area contributed by atoms with Gasteiger partial charge in [-0.05, 0) is 23.2 Å². The maximum absolute atomic E-state index is 11.7. The summed E-state index contributed by atoms with van der Waals surface area (Å²) >= 11 is 1.12. The van der Waals surface area contributed by atoms with Gasteiger partial charge in [-0.2, -0.15) is 13.2 Å². The molecule has 0 saturated heterocycles. The molecule has 0 spiro atoms. The minimum atomic E-state index is -4.23. The highest BCUT2D eigenvalue weighted by atomic mass is 32.2. The van der Waals surface area contributed by atoms with Crippen LogP contribution in [0.1, 0.15) is 9.67 Å². The molecule has 0 aromatic carbocycles. The first-order chi connectivity index (χ1) is 6.99. The third kappa shape index (κ3) is 5.08. The Balaban J connectivity index is 2.19. The predicted molar refractivity (Wildman–Crippen MR) is 55.2 cm³/mol. The average Bonchev–Trinajstić information content (AvgIpc) is 2.63. The fourth-order valence-corrected chi connectivity index (χ4v) is 1.90. The van der Waals surface area contributed by atoms with Gasteiger partial charge >= 0.3 is 5.51 Å². The fraction of sp³-hybridized carbons (Fsp3) is 0.375. The van der Waals surface area contributed by atoms with E-state index in [1.165, 1.54) is 11.3 Å². The van der Waals surface area contributed by atoms with E-state index >= 15 is 0 Å². The van der Waals surface area contributed by atoms with Crippen LogP contribution in [0.3, 0.4) is 0 Å². The summed E-state index contributed by atoms with van der Waals surface area (Å²) in [5, 5.41) is 4.14. The molecule has 1 N–H and O–H groups in total. The molecule has 1 aromatic rings. The van der Waals surface area contributed by atoms with Gasteiger partial charge in [0.2, 0.25) is 0 Å². The van der Waals surface area contributed by atoms with Crippen molar-refractivity contribution in [1.29, 1.82) is 0 Å². The number of rotatable bonds is 4. The molecule has 1 rings (SSSR count). The van der Waals surface area contributed by atoms with Crippen LogP contribution in [0.5, 0.6) is 0 Å². The van der Waals surface area contributed by atoms with Gasteiger partial charge in [-0.15, -0.1) is 11.3 Å². The molecular formula is C8H8F3NOS2. The van der Waals surface area contributed by atoms with Crippen molar-refractivity contribution in [2.45, 2.75) is 5.51 Å². The molecule has 84 valence electrons. The molecule has 15 heavy (non-hydrogen) atoms. The van der Waals surface area contributed by atoms with Crippen LogP contribution in [0.2, 0.25) is 0 Å². The Morgan fingerprint density at radius 3 is 2.80 bits per heavy atom. The van der Waals surface area contributed by atoms with Crippen molar-refractivity contribution in [3.8, 4) is 0 Å². The summed E-state index contributed by atoms with van der Waals surface area (Å²) in [6, 6.07) is 3.33. The smallest absolute Gasteiger partial charge is 0.351 e. The normalized spacial score (nSPS) is 11.4. The molecular weight excluding hydrogens is 247 g/mol. The lowest BCUT2D eigenvalue weighted by Gasteiger charge is -2.05. The second kappa shape index (κ2) is 5.41. The molecule has 0 fully saturated rings. The monoisotopic (exact) mass is 255 g/mol. The van der Waals surface area contributed by atoms with E-state index in [1.54, 1.807) is 17.5 Å². The maximum Gasteiger partial charge on any atom is 0.441 e. The van der Waals surface area contributed by atoms with Crippen molar-refractivity contribution in [3.63, 3.8) is 0 Å². The Kier molecular flexibility index (Phi) is 4.46. The van der Waals surface area contributed by atoms with Crippen LogP contribution < -0.4 is 5.32 Å². The molecule has 0 saturated carbocycles. The molecule has 0 radical (unpaired) electrons. The quantitative estimate of drug-likeness (QED) is 0.838. The standard InChI is InChI=1S/C8H8F3NOS2/c9-8(10,11)15-5-3-12-7(13)6-2-1-4-14-6/h1-2,4H,3,5H2,(H,12,13). The van der Waals surface area contributed by atoms with Crippen molar-refractivity contribution in [2.24, 2.45) is 0 Å². The summed E-state index contributed by atoms with van der Waals surface area (Å²) in [7, 11) is 0. The van der Waals surface area contributed by atoms with E-state index in [2.05, 4.69) is 5.32 Å². The van der Waals surface area contributed by atoms with Gasteiger partial charge in [0.25, 0.3) is 5.91 Å². The topological polar surface area (TPSA) is 29.1 Å². The summed E-state index contributed by atoms with van der Waals surface area (Å²) in [5.74, 6) is -0.492. The maximum atomic E-state index is 11.7. The molecule has 0 bridgehead atoms. The van der Waals surface area contributed by atoms with E-state index in [4.69, 9.17) is 0 Å². The summed E-state index contributed by atoms with van der Waals surface area (Å²) in [5.41, 5.74) is -4.23. The van der Waals surface area contributed by atoms with Crippen molar-refractivity contribution in [1.82, 2.24) is 5.32 Å². The molecule has 0 aliphatic heterocycles. The zero-order valence-corrected chi connectivity index (χ0v) is 9.14. The van der Waals surface area contributed by atoms with Crippen LogP contribution in [0.15, 0.2) is 17.5 Å². The summed E-state index contributed by atoms with van der Waals surface area (Å²) < 4.78 is 35.1. The van der Waals surface area contributed by atoms with Crippen LogP contribution in [0.4, 0.5) is 13.2 Å². The first-order valence-corrected chi connectivity index (χ1v) is 5.88. The van der Waals surface area contributed by atoms with Crippen LogP contribution in [0, 0.1) is 0 Å². The number of hydrogen-bond donors (Lipinski definition) is 1. The number of carbonyl (C=O) groups is 1. The zero-order valence-electron chi connectivity index (χ0n) is 7.50. The van der Waals surface area contributed by atoms with E-state index in [9.17, 15) is 18.0 Å². The van der Waals surface area contributed by atoms with Crippen molar-refractivity contribution in [2.75, 3.05) is 12.3 Å². The largest absolute Gasteiger partial charge is 0.441 e. The number of hydrogen-bond acceptors (Lipinski definition) is 3. The number of carbonyl (C=O) groups excluding carboxylic acids is 1. The van der Waals surface area contributed by atoms with Crippen molar-refractivity contribution < 1.29 is 18.0 Å². The SMILES string of the molecule is O=C(NCCSC(F)(F)F)c1cccs1. The average molecular weight is 255 g/mol. The van der Waals surface area contributed by atoms with Gasteiger partial charge in [-0.1, -0.05) is 6.07 Å². The Bertz CT molecular complexity index is 310. The van der Waals surface area contributed by atoms with Gasteiger partial charge < -0.3 is 5.32 Å². The Labute approximate surface area is 92.9 Å². The lowest BCUT2D eigenvalue weighted by Crippen LogP contribution is -2.25. The number of thiophene rings is 1. The van der Waals surface area contributed by atoms with E-state index in [0.29, 0.717) is 4.88 Å². The highest BCUT2D eigenvalue weighted by Gasteiger charge is 2.27. The fourth-order valence-electron chi connectivity index (χ4n) is 0.826. The van der Waals surface area contributed by atoms with Crippen molar-refractivity contribution >= 4 is 29.0 Å². The molecule has 0 atom stereocenters. The van der Waals surface area contributed by atoms with Crippen molar-refractivity contribution in [3.05, 3.63) is 22.4 Å². The van der Waals surface area contributed by atoms with Crippen LogP contribution in [-0.2, 0) is 0 Å². The number of amides is 1. The molecule has 2 nitrogen and oxygen atoms in total. The Morgan fingerprint density at radius 2 is 2.27 bits per heavy atom. The molecule has 1 amide bonds. The first kappa shape index (κ1) is 12.4. The number of alkyl halides is 3. The molecule has 0 aliphatic carbocycles. The predicted octanol–water partition coefficient (Wildman–Crippen LogP) is 2.73. The first-order valence-electron chi connectivity index (χ1n) is 4.01. The lowest BCUT2D eigenvalue weighted by molar-refractivity contribution is -0.0327. The third-order valence-electron chi connectivity index (χ3n) is 1.40. The van der Waals surface area contributed by atoms with Gasteiger partial charge in [0, 0.05) is 12.3 Å². The molecule has 1 heterocycles. The van der Waals surface area contributed by atoms with Gasteiger partial charge in [0.1, 0.15) is 0 Å². The summed E-state index contributed by atoms with van der Waals surface area (Å²) in [6.45, 7) is 0.0148. The number of halogens is 3. The van der Waals surface area contributed by atoms with Crippen LogP contribution >= 0.6 is 23.1 Å². The van der Waals surface area contributed by atoms with Gasteiger partial charge in [-0.25, -0.2) is 0 Å². The Morgan fingerprint density at radius 1 is 1.53 bits per heavy atom. The molecule has 0 unspecified atom stereocenters. The van der Waals surface area contributed by atoms with E-state index in [0.717, 1.165) is 0 Å². The van der Waals surface area contributed by atoms with E-state index < -0.39 is 5.51 Å². The molecule has 1 aromatic heterocycles. The van der Waals surface area contributed by atoms with E-state index in [1.807, 2.05) is 0 Å². The highest BCUT2D eigenvalue weighted by molar-refractivity contribution is 8.00. The second-order valence-electron chi connectivity index (χ2n) is 2.53. The highest BCUT2D eigenvalue weighted by Crippen LogP contribution is 2.29. The zero-order chi connectivity index (χ0) is 11.3. The van der Waals surface area contributed by atoms with Gasteiger partial charge in [0.15, 0.2) is 0 Å². The lowest BCUT2D eigenvalue weighted by atomic mass is 10.4. The summed E-state index contributed by atoms with van der Waals surface area (Å²) in [6.07, 6.45) is 0. The molecule has 0 aliphatic rings. The molecule has 7 heteroatoms. The summed E-state index contributed by atoms with van der Waals surface area (Å²) in [4.78, 5) is 11.7. The number of nitrogens with one attached hydrogen (secondary N) is 1. The van der Waals surface area contributed by atoms with Crippen LogP contribution in [-0.4, -0.2) is 23.7 Å². The van der Waals surface area contributed by atoms with E-state index in [-0.39, 0.29) is 30.0 Å². The van der Waals surface area contributed by atoms with Gasteiger partial charge in [-0.3, -0.25) is 4.79 Å². The minimum Gasteiger partial charge on any atom is -0.351 e. The number of thioether (sulfide) groups is 1. The third-order valence-corrected chi connectivity index (χ3v) is 3.00. The second-order valence-corrected chi connectivity index (χ2v) is 4.63. The van der Waals surface area contributed by atoms with Gasteiger partial charge in [0.05, 0.1) is 4.88 Å². The van der Waals surface area contributed by atoms with Crippen LogP contribution in [0.25, 0.3) is 0 Å². The Hall–Kier alpha value is -0.690. The minimum absolute atomic E-state index is 0.0148.